The molecule has 2 aliphatic heterocycles. The van der Waals surface area contributed by atoms with Gasteiger partial charge in [0.2, 0.25) is 0 Å². The molecule has 9 nitrogen and oxygen atoms in total. The van der Waals surface area contributed by atoms with Crippen molar-refractivity contribution in [1.29, 1.82) is 0 Å². The number of pyridine rings is 1. The van der Waals surface area contributed by atoms with Gasteiger partial charge in [-0.3, -0.25) is 4.79 Å². The molecule has 3 fully saturated rings. The van der Waals surface area contributed by atoms with E-state index in [-0.39, 0.29) is 30.5 Å². The van der Waals surface area contributed by atoms with Crippen molar-refractivity contribution in [2.45, 2.75) is 56.9 Å². The summed E-state index contributed by atoms with van der Waals surface area (Å²) in [5.41, 5.74) is -0.829. The van der Waals surface area contributed by atoms with E-state index in [0.717, 1.165) is 25.1 Å². The van der Waals surface area contributed by atoms with Gasteiger partial charge >= 0.3 is 24.3 Å². The van der Waals surface area contributed by atoms with Crippen molar-refractivity contribution in [1.82, 2.24) is 9.88 Å². The van der Waals surface area contributed by atoms with Gasteiger partial charge in [0.25, 0.3) is 5.91 Å². The number of hydrogen-bond donors (Lipinski definition) is 2. The van der Waals surface area contributed by atoms with Gasteiger partial charge in [0.15, 0.2) is 0 Å². The van der Waals surface area contributed by atoms with Gasteiger partial charge in [-0.25, -0.2) is 19.0 Å². The van der Waals surface area contributed by atoms with Crippen molar-refractivity contribution in [2.75, 3.05) is 31.1 Å². The summed E-state index contributed by atoms with van der Waals surface area (Å²) in [4.78, 5) is 40.3. The van der Waals surface area contributed by atoms with Gasteiger partial charge in [-0.1, -0.05) is 18.5 Å². The van der Waals surface area contributed by atoms with Crippen LogP contribution in [0.2, 0.25) is 5.02 Å². The predicted octanol–water partition coefficient (Wildman–Crippen LogP) is 6.00. The fourth-order valence-electron chi connectivity index (χ4n) is 5.19. The first-order valence-electron chi connectivity index (χ1n) is 13.6. The monoisotopic (exact) mass is 669 g/mol. The lowest BCUT2D eigenvalue weighted by atomic mass is 9.82. The van der Waals surface area contributed by atoms with E-state index < -0.39 is 58.1 Å². The van der Waals surface area contributed by atoms with Crippen molar-refractivity contribution in [3.63, 3.8) is 0 Å². The molecule has 2 saturated heterocycles. The average Bonchev–Trinajstić information content (AvgIpc) is 3.64. The molecule has 0 unspecified atom stereocenters. The summed E-state index contributed by atoms with van der Waals surface area (Å²) in [6.07, 6.45) is -6.08. The Morgan fingerprint density at radius 1 is 1.07 bits per heavy atom. The standard InChI is InChI=1S/C26H26ClF4N3O4.C2HF3O2/c1-25(11-33(12-25)22-8-17(26(29,30)31)18(27)10-32-22)13-38-21-9-19(28)16(7-15(21)14-4-5-14)23(35)34-6-2-3-20(34)24(36)37;3-2(4,5)1(6)7/h7-10,14,20H,2-6,11-13H2,1H3,(H,36,37);(H,6,7)/t20-;/m0./s1. The van der Waals surface area contributed by atoms with Crippen LogP contribution in [-0.2, 0) is 15.8 Å². The Bertz CT molecular complexity index is 1480. The van der Waals surface area contributed by atoms with E-state index in [9.17, 15) is 41.0 Å². The highest BCUT2D eigenvalue weighted by Gasteiger charge is 2.43. The number of aliphatic carboxylic acids is 2. The summed E-state index contributed by atoms with van der Waals surface area (Å²) in [6.45, 7) is 3.11. The van der Waals surface area contributed by atoms with Gasteiger partial charge in [-0.15, -0.1) is 0 Å². The fourth-order valence-corrected chi connectivity index (χ4v) is 5.40. The van der Waals surface area contributed by atoms with Crippen LogP contribution >= 0.6 is 11.6 Å². The minimum absolute atomic E-state index is 0.121. The quantitative estimate of drug-likeness (QED) is 0.345. The van der Waals surface area contributed by atoms with E-state index in [0.29, 0.717) is 37.2 Å². The number of carbonyl (C=O) groups excluding carboxylic acids is 1. The molecular weight excluding hydrogens is 643 g/mol. The van der Waals surface area contributed by atoms with E-state index in [2.05, 4.69) is 4.98 Å². The number of carboxylic acid groups (broad SMARTS) is 2. The highest BCUT2D eigenvalue weighted by molar-refractivity contribution is 6.31. The maximum atomic E-state index is 15.1. The Morgan fingerprint density at radius 3 is 2.22 bits per heavy atom. The molecule has 1 saturated carbocycles. The van der Waals surface area contributed by atoms with Crippen molar-refractivity contribution in [3.05, 3.63) is 51.9 Å². The van der Waals surface area contributed by atoms with Crippen LogP contribution in [0.5, 0.6) is 5.75 Å². The number of halogens is 8. The van der Waals surface area contributed by atoms with Crippen LogP contribution in [0.25, 0.3) is 0 Å². The normalized spacial score (nSPS) is 19.4. The molecule has 246 valence electrons. The number of rotatable bonds is 7. The molecule has 1 aromatic carbocycles. The zero-order valence-electron chi connectivity index (χ0n) is 23.5. The van der Waals surface area contributed by atoms with Gasteiger partial charge in [0, 0.05) is 37.3 Å². The predicted molar refractivity (Wildman–Crippen MR) is 144 cm³/mol. The number of benzene rings is 1. The van der Waals surface area contributed by atoms with Crippen molar-refractivity contribution < 1.29 is 60.1 Å². The maximum Gasteiger partial charge on any atom is 0.490 e. The Morgan fingerprint density at radius 2 is 1.69 bits per heavy atom. The second-order valence-corrected chi connectivity index (χ2v) is 11.8. The van der Waals surface area contributed by atoms with Crippen LogP contribution in [0.1, 0.15) is 60.0 Å². The molecular formula is C28H27ClF7N3O6. The number of carboxylic acids is 2. The van der Waals surface area contributed by atoms with Crippen molar-refractivity contribution in [3.8, 4) is 5.75 Å². The minimum atomic E-state index is -5.08. The number of ether oxygens (including phenoxy) is 1. The first-order chi connectivity index (χ1) is 20.8. The number of aromatic nitrogens is 1. The zero-order valence-corrected chi connectivity index (χ0v) is 24.3. The lowest BCUT2D eigenvalue weighted by molar-refractivity contribution is -0.192. The van der Waals surface area contributed by atoms with E-state index >= 15 is 4.39 Å². The molecule has 2 N–H and O–H groups in total. The number of nitrogens with zero attached hydrogens (tertiary/aromatic N) is 3. The Kier molecular flexibility index (Phi) is 9.48. The van der Waals surface area contributed by atoms with E-state index in [1.807, 2.05) is 6.92 Å². The summed E-state index contributed by atoms with van der Waals surface area (Å²) in [7, 11) is 0. The van der Waals surface area contributed by atoms with Crippen molar-refractivity contribution in [2.24, 2.45) is 5.41 Å². The van der Waals surface area contributed by atoms with Crippen molar-refractivity contribution >= 4 is 35.3 Å². The third kappa shape index (κ3) is 7.89. The van der Waals surface area contributed by atoms with Gasteiger partial charge in [-0.05, 0) is 49.3 Å². The lowest BCUT2D eigenvalue weighted by Gasteiger charge is -2.48. The maximum absolute atomic E-state index is 15.1. The van der Waals surface area contributed by atoms with Crippen LogP contribution in [0.4, 0.5) is 36.6 Å². The number of hydrogen-bond acceptors (Lipinski definition) is 6. The summed E-state index contributed by atoms with van der Waals surface area (Å²) >= 11 is 5.67. The topological polar surface area (TPSA) is 120 Å². The van der Waals surface area contributed by atoms with Crippen LogP contribution in [0.15, 0.2) is 24.4 Å². The van der Waals surface area contributed by atoms with E-state index in [4.69, 9.17) is 26.2 Å². The highest BCUT2D eigenvalue weighted by Crippen LogP contribution is 2.46. The van der Waals surface area contributed by atoms with Gasteiger partial charge in [0.1, 0.15) is 23.4 Å². The van der Waals surface area contributed by atoms with Crippen LogP contribution in [-0.4, -0.2) is 76.4 Å². The summed E-state index contributed by atoms with van der Waals surface area (Å²) in [5, 5.41) is 16.1. The molecule has 0 bridgehead atoms. The Hall–Kier alpha value is -3.82. The minimum Gasteiger partial charge on any atom is -0.492 e. The fraction of sp³-hybridized carbons (Fsp3) is 0.500. The second kappa shape index (κ2) is 12.5. The molecule has 0 spiro atoms. The van der Waals surface area contributed by atoms with Gasteiger partial charge < -0.3 is 24.7 Å². The smallest absolute Gasteiger partial charge is 0.490 e. The molecule has 1 aromatic heterocycles. The van der Waals surface area contributed by atoms with Crippen LogP contribution in [0.3, 0.4) is 0 Å². The molecule has 17 heteroatoms. The molecule has 3 aliphatic rings. The number of amides is 1. The van der Waals surface area contributed by atoms with Gasteiger partial charge in [0.05, 0.1) is 22.8 Å². The molecule has 45 heavy (non-hydrogen) atoms. The Labute approximate surface area is 256 Å². The summed E-state index contributed by atoms with van der Waals surface area (Å²) in [5.74, 6) is -4.69. The SMILES string of the molecule is CC1(COc2cc(F)c(C(=O)N3CCC[C@H]3C(=O)O)cc2C2CC2)CN(c2cc(C(F)(F)F)c(Cl)cn2)C1.O=C(O)C(F)(F)F. The molecule has 1 amide bonds. The highest BCUT2D eigenvalue weighted by atomic mass is 35.5. The van der Waals surface area contributed by atoms with E-state index in [1.165, 1.54) is 17.0 Å². The third-order valence-electron chi connectivity index (χ3n) is 7.58. The number of alkyl halides is 6. The number of anilines is 1. The van der Waals surface area contributed by atoms with Crippen LogP contribution < -0.4 is 9.64 Å². The summed E-state index contributed by atoms with van der Waals surface area (Å²) < 4.78 is 92.5. The van der Waals surface area contributed by atoms with Crippen LogP contribution in [0, 0.1) is 11.2 Å². The molecule has 2 aromatic rings. The lowest BCUT2D eigenvalue weighted by Crippen LogP contribution is -2.58. The summed E-state index contributed by atoms with van der Waals surface area (Å²) in [6, 6.07) is 2.62. The number of likely N-dealkylation sites (tertiary alicyclic amines) is 1. The number of carbonyl (C=O) groups is 3. The first kappa shape index (κ1) is 34.1. The third-order valence-corrected chi connectivity index (χ3v) is 7.88. The molecule has 1 atom stereocenters. The largest absolute Gasteiger partial charge is 0.492 e. The molecule has 5 rings (SSSR count). The second-order valence-electron chi connectivity index (χ2n) is 11.4. The van der Waals surface area contributed by atoms with E-state index in [1.54, 1.807) is 4.90 Å². The average molecular weight is 670 g/mol. The Balaban J connectivity index is 0.000000591. The molecule has 1 aliphatic carbocycles. The first-order valence-corrected chi connectivity index (χ1v) is 14.0. The van der Waals surface area contributed by atoms with Gasteiger partial charge in [-0.2, -0.15) is 26.3 Å². The zero-order chi connectivity index (χ0) is 33.5. The molecule has 0 radical (unpaired) electrons. The molecule has 3 heterocycles.